The number of carboxylic acids is 1. The van der Waals surface area contributed by atoms with Crippen molar-refractivity contribution in [2.75, 3.05) is 5.75 Å². The molecule has 2 aromatic heterocycles. The van der Waals surface area contributed by atoms with Gasteiger partial charge in [-0.2, -0.15) is 0 Å². The number of carbonyl (C=O) groups excluding carboxylic acids is 1. The zero-order chi connectivity index (χ0) is 14.3. The van der Waals surface area contributed by atoms with Gasteiger partial charge in [0.2, 0.25) is 5.16 Å². The van der Waals surface area contributed by atoms with Gasteiger partial charge in [0.15, 0.2) is 5.65 Å². The molecule has 3 aromatic rings. The topological polar surface area (TPSA) is 83.7 Å². The smallest absolute Gasteiger partial charge is 0.211 e. The number of carboxylic acid groups (broad SMARTS) is 1. The van der Waals surface area contributed by atoms with Crippen LogP contribution in [0, 0.1) is 0 Å². The van der Waals surface area contributed by atoms with Crippen LogP contribution < -0.4 is 5.11 Å². The van der Waals surface area contributed by atoms with Crippen molar-refractivity contribution in [3.63, 3.8) is 0 Å². The van der Waals surface area contributed by atoms with Crippen molar-refractivity contribution in [3.05, 3.63) is 22.7 Å². The average molecular weight is 352 g/mol. The summed E-state index contributed by atoms with van der Waals surface area (Å²) < 4.78 is 2.87. The quantitative estimate of drug-likeness (QED) is 0.657. The van der Waals surface area contributed by atoms with Gasteiger partial charge in [0.25, 0.3) is 0 Å². The van der Waals surface area contributed by atoms with E-state index in [9.17, 15) is 9.90 Å². The number of hydrogen-bond donors (Lipinski definition) is 0. The fraction of sp³-hybridized carbons (Fsp3) is 0.167. The van der Waals surface area contributed by atoms with Crippen LogP contribution in [0.5, 0.6) is 0 Å². The second-order valence-electron chi connectivity index (χ2n) is 4.15. The first-order chi connectivity index (χ1) is 9.56. The van der Waals surface area contributed by atoms with E-state index in [0.717, 1.165) is 27.1 Å². The molecule has 0 spiro atoms. The Morgan fingerprint density at radius 1 is 1.45 bits per heavy atom. The van der Waals surface area contributed by atoms with E-state index < -0.39 is 5.97 Å². The van der Waals surface area contributed by atoms with Gasteiger partial charge in [-0.05, 0) is 18.2 Å². The van der Waals surface area contributed by atoms with Crippen LogP contribution in [-0.4, -0.2) is 31.5 Å². The second-order valence-corrected chi connectivity index (χ2v) is 6.01. The molecule has 8 heteroatoms. The van der Waals surface area contributed by atoms with Gasteiger partial charge < -0.3 is 14.5 Å². The maximum absolute atomic E-state index is 10.5. The molecule has 0 bridgehead atoms. The van der Waals surface area contributed by atoms with Gasteiger partial charge in [0.1, 0.15) is 5.52 Å². The number of benzene rings is 1. The van der Waals surface area contributed by atoms with Crippen LogP contribution in [0.2, 0.25) is 0 Å². The van der Waals surface area contributed by atoms with E-state index in [1.807, 2.05) is 29.8 Å². The SMILES string of the molecule is Cn1c2ccc(Br)cc2c2nnc(SCC(=O)[O-])nc21. The number of fused-ring (bicyclic) bond motifs is 3. The molecule has 0 aliphatic heterocycles. The molecule has 6 nitrogen and oxygen atoms in total. The summed E-state index contributed by atoms with van der Waals surface area (Å²) in [5.41, 5.74) is 2.36. The first-order valence-electron chi connectivity index (χ1n) is 5.67. The highest BCUT2D eigenvalue weighted by molar-refractivity contribution is 9.10. The van der Waals surface area contributed by atoms with Gasteiger partial charge in [-0.15, -0.1) is 10.2 Å². The lowest BCUT2D eigenvalue weighted by atomic mass is 10.2. The highest BCUT2D eigenvalue weighted by Gasteiger charge is 2.13. The molecular formula is C12H8BrN4O2S-. The third-order valence-corrected chi connectivity index (χ3v) is 4.17. The molecule has 1 aromatic carbocycles. The highest BCUT2D eigenvalue weighted by atomic mass is 79.9. The molecule has 102 valence electrons. The molecule has 0 unspecified atom stereocenters. The molecule has 0 N–H and O–H groups in total. The van der Waals surface area contributed by atoms with Gasteiger partial charge >= 0.3 is 0 Å². The molecule has 0 saturated carbocycles. The Morgan fingerprint density at radius 2 is 2.25 bits per heavy atom. The predicted molar refractivity (Wildman–Crippen MR) is 77.2 cm³/mol. The first-order valence-corrected chi connectivity index (χ1v) is 7.45. The van der Waals surface area contributed by atoms with E-state index in [4.69, 9.17) is 0 Å². The number of aromatic nitrogens is 4. The number of aliphatic carboxylic acids is 1. The number of nitrogens with zero attached hydrogens (tertiary/aromatic N) is 4. The summed E-state index contributed by atoms with van der Waals surface area (Å²) in [6.07, 6.45) is 0. The molecule has 0 saturated heterocycles. The second kappa shape index (κ2) is 5.02. The Balaban J connectivity index is 2.17. The van der Waals surface area contributed by atoms with Crippen LogP contribution in [0.4, 0.5) is 0 Å². The zero-order valence-corrected chi connectivity index (χ0v) is 12.7. The molecule has 0 aliphatic rings. The van der Waals surface area contributed by atoms with Crippen LogP contribution in [-0.2, 0) is 11.8 Å². The van der Waals surface area contributed by atoms with E-state index >= 15 is 0 Å². The molecule has 20 heavy (non-hydrogen) atoms. The minimum Gasteiger partial charge on any atom is -0.549 e. The Kier molecular flexibility index (Phi) is 3.35. The Hall–Kier alpha value is -1.67. The van der Waals surface area contributed by atoms with E-state index in [0.29, 0.717) is 16.3 Å². The molecule has 3 rings (SSSR count). The number of hydrogen-bond acceptors (Lipinski definition) is 6. The molecule has 0 aliphatic carbocycles. The lowest BCUT2D eigenvalue weighted by Crippen LogP contribution is -2.24. The van der Waals surface area contributed by atoms with E-state index in [-0.39, 0.29) is 5.75 Å². The zero-order valence-electron chi connectivity index (χ0n) is 10.3. The van der Waals surface area contributed by atoms with Crippen LogP contribution >= 0.6 is 27.7 Å². The summed E-state index contributed by atoms with van der Waals surface area (Å²) in [5, 5.41) is 19.9. The number of aryl methyl sites for hydroxylation is 1. The summed E-state index contributed by atoms with van der Waals surface area (Å²) in [6, 6.07) is 5.87. The predicted octanol–water partition coefficient (Wildman–Crippen LogP) is 1.12. The number of halogens is 1. The van der Waals surface area contributed by atoms with Crippen molar-refractivity contribution in [3.8, 4) is 0 Å². The minimum absolute atomic E-state index is 0.192. The van der Waals surface area contributed by atoms with Crippen molar-refractivity contribution in [2.24, 2.45) is 7.05 Å². The molecule has 0 fully saturated rings. The fourth-order valence-corrected chi connectivity index (χ4v) is 2.86. The van der Waals surface area contributed by atoms with Crippen LogP contribution in [0.15, 0.2) is 27.8 Å². The number of rotatable bonds is 3. The molecule has 0 atom stereocenters. The van der Waals surface area contributed by atoms with E-state index in [2.05, 4.69) is 31.1 Å². The monoisotopic (exact) mass is 351 g/mol. The lowest BCUT2D eigenvalue weighted by molar-refractivity contribution is -0.301. The fourth-order valence-electron chi connectivity index (χ4n) is 2.00. The maximum Gasteiger partial charge on any atom is 0.211 e. The Morgan fingerprint density at radius 3 is 3.00 bits per heavy atom. The molecule has 0 amide bonds. The van der Waals surface area contributed by atoms with E-state index in [1.165, 1.54) is 0 Å². The third kappa shape index (κ3) is 2.25. The van der Waals surface area contributed by atoms with Gasteiger partial charge in [0, 0.05) is 22.7 Å². The summed E-state index contributed by atoms with van der Waals surface area (Å²) in [6.45, 7) is 0. The van der Waals surface area contributed by atoms with Crippen molar-refractivity contribution in [1.29, 1.82) is 0 Å². The van der Waals surface area contributed by atoms with Crippen LogP contribution in [0.1, 0.15) is 0 Å². The van der Waals surface area contributed by atoms with Crippen molar-refractivity contribution in [1.82, 2.24) is 19.7 Å². The summed E-state index contributed by atoms with van der Waals surface area (Å²) in [5.74, 6) is -1.34. The molecular weight excluding hydrogens is 344 g/mol. The minimum atomic E-state index is -1.15. The average Bonchev–Trinajstić information content (AvgIpc) is 2.69. The molecule has 2 heterocycles. The van der Waals surface area contributed by atoms with Gasteiger partial charge in [0.05, 0.1) is 11.5 Å². The van der Waals surface area contributed by atoms with Gasteiger partial charge in [-0.3, -0.25) is 0 Å². The standard InChI is InChI=1S/C12H9BrN4O2S/c1-17-8-3-2-6(13)4-7(8)10-11(17)14-12(16-15-10)20-5-9(18)19/h2-4H,5H2,1H3,(H,18,19)/p-1. The lowest BCUT2D eigenvalue weighted by Gasteiger charge is -2.01. The van der Waals surface area contributed by atoms with Crippen molar-refractivity contribution < 1.29 is 9.90 Å². The van der Waals surface area contributed by atoms with Crippen molar-refractivity contribution in [2.45, 2.75) is 5.16 Å². The largest absolute Gasteiger partial charge is 0.549 e. The van der Waals surface area contributed by atoms with Crippen LogP contribution in [0.25, 0.3) is 22.1 Å². The summed E-state index contributed by atoms with van der Waals surface area (Å²) in [4.78, 5) is 14.8. The number of carbonyl (C=O) groups is 1. The highest BCUT2D eigenvalue weighted by Crippen LogP contribution is 2.28. The summed E-state index contributed by atoms with van der Waals surface area (Å²) in [7, 11) is 1.89. The first kappa shape index (κ1) is 13.3. The normalized spacial score (nSPS) is 11.3. The van der Waals surface area contributed by atoms with Crippen LogP contribution in [0.3, 0.4) is 0 Å². The third-order valence-electron chi connectivity index (χ3n) is 2.86. The number of thioether (sulfide) groups is 1. The molecule has 0 radical (unpaired) electrons. The van der Waals surface area contributed by atoms with E-state index in [1.54, 1.807) is 0 Å². The summed E-state index contributed by atoms with van der Waals surface area (Å²) >= 11 is 4.42. The van der Waals surface area contributed by atoms with Gasteiger partial charge in [-0.25, -0.2) is 4.98 Å². The van der Waals surface area contributed by atoms with Gasteiger partial charge in [-0.1, -0.05) is 27.7 Å². The maximum atomic E-state index is 10.5. The Bertz CT molecular complexity index is 833. The Labute approximate surface area is 126 Å². The van der Waals surface area contributed by atoms with Crippen molar-refractivity contribution >= 4 is 55.7 Å².